The summed E-state index contributed by atoms with van der Waals surface area (Å²) in [7, 11) is 1.51. The molecule has 0 bridgehead atoms. The van der Waals surface area contributed by atoms with Crippen LogP contribution in [0.5, 0.6) is 5.88 Å². The summed E-state index contributed by atoms with van der Waals surface area (Å²) < 4.78 is 4.90. The molecule has 1 aromatic rings. The molecule has 1 aromatic heterocycles. The van der Waals surface area contributed by atoms with Crippen molar-refractivity contribution in [2.24, 2.45) is 11.5 Å². The summed E-state index contributed by atoms with van der Waals surface area (Å²) in [6.45, 7) is 0.365. The summed E-state index contributed by atoms with van der Waals surface area (Å²) in [5.74, 6) is 0.398. The van der Waals surface area contributed by atoms with E-state index in [1.807, 2.05) is 0 Å². The standard InChI is InChI=1S/C8H12ClN3O/c1-13-8-6(9)2-5(4-12-8)7(11)3-10/h2,4,7H,3,10-11H2,1H3. The van der Waals surface area contributed by atoms with Gasteiger partial charge in [-0.1, -0.05) is 11.6 Å². The normalized spacial score (nSPS) is 12.6. The van der Waals surface area contributed by atoms with E-state index in [0.717, 1.165) is 5.56 Å². The van der Waals surface area contributed by atoms with Gasteiger partial charge in [0.1, 0.15) is 5.02 Å². The summed E-state index contributed by atoms with van der Waals surface area (Å²) in [5, 5.41) is 0.448. The van der Waals surface area contributed by atoms with Gasteiger partial charge in [-0.25, -0.2) is 4.98 Å². The van der Waals surface area contributed by atoms with Crippen LogP contribution in [0.1, 0.15) is 11.6 Å². The molecular formula is C8H12ClN3O. The first-order valence-electron chi connectivity index (χ1n) is 3.84. The van der Waals surface area contributed by atoms with Crippen LogP contribution < -0.4 is 16.2 Å². The second-order valence-corrected chi connectivity index (χ2v) is 3.01. The van der Waals surface area contributed by atoms with E-state index in [9.17, 15) is 0 Å². The zero-order valence-corrected chi connectivity index (χ0v) is 8.08. The summed E-state index contributed by atoms with van der Waals surface area (Å²) >= 11 is 5.85. The molecule has 0 aliphatic rings. The molecule has 0 aromatic carbocycles. The number of halogens is 1. The molecule has 0 aliphatic carbocycles. The van der Waals surface area contributed by atoms with E-state index in [-0.39, 0.29) is 6.04 Å². The second-order valence-electron chi connectivity index (χ2n) is 2.60. The highest BCUT2D eigenvalue weighted by atomic mass is 35.5. The fourth-order valence-corrected chi connectivity index (χ4v) is 1.18. The SMILES string of the molecule is COc1ncc(C(N)CN)cc1Cl. The van der Waals surface area contributed by atoms with Crippen molar-refractivity contribution in [3.05, 3.63) is 22.8 Å². The smallest absolute Gasteiger partial charge is 0.232 e. The van der Waals surface area contributed by atoms with Crippen LogP contribution in [0.15, 0.2) is 12.3 Å². The molecule has 1 heterocycles. The number of rotatable bonds is 3. The predicted molar refractivity (Wildman–Crippen MR) is 51.8 cm³/mol. The fourth-order valence-electron chi connectivity index (χ4n) is 0.929. The third kappa shape index (κ3) is 2.30. The van der Waals surface area contributed by atoms with Crippen LogP contribution in [0, 0.1) is 0 Å². The van der Waals surface area contributed by atoms with Crippen LogP contribution in [0.4, 0.5) is 0 Å². The molecule has 0 amide bonds. The quantitative estimate of drug-likeness (QED) is 0.755. The molecule has 5 heteroatoms. The maximum absolute atomic E-state index is 5.85. The van der Waals surface area contributed by atoms with E-state index in [1.54, 1.807) is 12.3 Å². The molecule has 0 saturated heterocycles. The van der Waals surface area contributed by atoms with Gasteiger partial charge in [0.15, 0.2) is 0 Å². The largest absolute Gasteiger partial charge is 0.480 e. The molecule has 4 nitrogen and oxygen atoms in total. The van der Waals surface area contributed by atoms with E-state index < -0.39 is 0 Å². The average molecular weight is 202 g/mol. The Hall–Kier alpha value is -0.840. The van der Waals surface area contributed by atoms with Crippen molar-refractivity contribution in [2.75, 3.05) is 13.7 Å². The Morgan fingerprint density at radius 2 is 2.38 bits per heavy atom. The number of nitrogens with zero attached hydrogens (tertiary/aromatic N) is 1. The minimum absolute atomic E-state index is 0.226. The van der Waals surface area contributed by atoms with Gasteiger partial charge in [-0.3, -0.25) is 0 Å². The van der Waals surface area contributed by atoms with Crippen LogP contribution in [-0.4, -0.2) is 18.6 Å². The highest BCUT2D eigenvalue weighted by molar-refractivity contribution is 6.31. The molecule has 1 rings (SSSR count). The lowest BCUT2D eigenvalue weighted by atomic mass is 10.1. The second kappa shape index (κ2) is 4.41. The van der Waals surface area contributed by atoms with E-state index >= 15 is 0 Å². The first-order chi connectivity index (χ1) is 6.19. The Morgan fingerprint density at radius 1 is 1.69 bits per heavy atom. The van der Waals surface area contributed by atoms with Gasteiger partial charge in [0, 0.05) is 18.8 Å². The van der Waals surface area contributed by atoms with Crippen molar-refractivity contribution < 1.29 is 4.74 Å². The average Bonchev–Trinajstić information content (AvgIpc) is 2.16. The fraction of sp³-hybridized carbons (Fsp3) is 0.375. The van der Waals surface area contributed by atoms with E-state index in [1.165, 1.54) is 7.11 Å². The third-order valence-electron chi connectivity index (χ3n) is 1.70. The van der Waals surface area contributed by atoms with E-state index in [0.29, 0.717) is 17.4 Å². The Bertz CT molecular complexity index is 293. The number of nitrogens with two attached hydrogens (primary N) is 2. The highest BCUT2D eigenvalue weighted by Gasteiger charge is 2.08. The summed E-state index contributed by atoms with van der Waals surface area (Å²) in [5.41, 5.74) is 11.9. The zero-order valence-electron chi connectivity index (χ0n) is 7.33. The van der Waals surface area contributed by atoms with Crippen LogP contribution in [0.25, 0.3) is 0 Å². The van der Waals surface area contributed by atoms with Gasteiger partial charge in [-0.15, -0.1) is 0 Å². The monoisotopic (exact) mass is 201 g/mol. The first kappa shape index (κ1) is 10.2. The van der Waals surface area contributed by atoms with Crippen molar-refractivity contribution in [3.63, 3.8) is 0 Å². The molecule has 72 valence electrons. The predicted octanol–water partition coefficient (Wildman–Crippen LogP) is 0.702. The van der Waals surface area contributed by atoms with Gasteiger partial charge in [0.25, 0.3) is 0 Å². The molecule has 4 N–H and O–H groups in total. The van der Waals surface area contributed by atoms with Crippen molar-refractivity contribution in [3.8, 4) is 5.88 Å². The molecule has 0 aliphatic heterocycles. The number of hydrogen-bond acceptors (Lipinski definition) is 4. The van der Waals surface area contributed by atoms with Crippen LogP contribution in [-0.2, 0) is 0 Å². The van der Waals surface area contributed by atoms with Crippen molar-refractivity contribution in [1.29, 1.82) is 0 Å². The first-order valence-corrected chi connectivity index (χ1v) is 4.22. The Kier molecular flexibility index (Phi) is 3.48. The minimum atomic E-state index is -0.226. The molecule has 0 spiro atoms. The Balaban J connectivity index is 2.95. The van der Waals surface area contributed by atoms with E-state index in [2.05, 4.69) is 4.98 Å². The lowest BCUT2D eigenvalue weighted by Crippen LogP contribution is -2.20. The van der Waals surface area contributed by atoms with Crippen molar-refractivity contribution in [1.82, 2.24) is 4.98 Å². The number of methoxy groups -OCH3 is 1. The van der Waals surface area contributed by atoms with Crippen LogP contribution >= 0.6 is 11.6 Å². The number of pyridine rings is 1. The topological polar surface area (TPSA) is 74.2 Å². The maximum Gasteiger partial charge on any atom is 0.232 e. The molecular weight excluding hydrogens is 190 g/mol. The molecule has 1 atom stereocenters. The van der Waals surface area contributed by atoms with Crippen molar-refractivity contribution >= 4 is 11.6 Å². The van der Waals surface area contributed by atoms with Gasteiger partial charge in [-0.2, -0.15) is 0 Å². The third-order valence-corrected chi connectivity index (χ3v) is 1.97. The van der Waals surface area contributed by atoms with Gasteiger partial charge < -0.3 is 16.2 Å². The van der Waals surface area contributed by atoms with Gasteiger partial charge in [0.2, 0.25) is 5.88 Å². The molecule has 0 saturated carbocycles. The van der Waals surface area contributed by atoms with Crippen LogP contribution in [0.3, 0.4) is 0 Å². The molecule has 13 heavy (non-hydrogen) atoms. The number of ether oxygens (including phenoxy) is 1. The van der Waals surface area contributed by atoms with Gasteiger partial charge in [0.05, 0.1) is 7.11 Å². The van der Waals surface area contributed by atoms with E-state index in [4.69, 9.17) is 27.8 Å². The molecule has 0 fully saturated rings. The maximum atomic E-state index is 5.85. The van der Waals surface area contributed by atoms with Crippen LogP contribution in [0.2, 0.25) is 5.02 Å². The van der Waals surface area contributed by atoms with Crippen molar-refractivity contribution in [2.45, 2.75) is 6.04 Å². The Morgan fingerprint density at radius 3 is 2.85 bits per heavy atom. The Labute approximate surface area is 81.8 Å². The summed E-state index contributed by atoms with van der Waals surface area (Å²) in [6.07, 6.45) is 1.61. The number of aromatic nitrogens is 1. The summed E-state index contributed by atoms with van der Waals surface area (Å²) in [4.78, 5) is 3.98. The highest BCUT2D eigenvalue weighted by Crippen LogP contribution is 2.23. The lowest BCUT2D eigenvalue weighted by Gasteiger charge is -2.09. The molecule has 0 radical (unpaired) electrons. The van der Waals surface area contributed by atoms with Gasteiger partial charge >= 0.3 is 0 Å². The number of hydrogen-bond donors (Lipinski definition) is 2. The minimum Gasteiger partial charge on any atom is -0.480 e. The summed E-state index contributed by atoms with van der Waals surface area (Å²) in [6, 6.07) is 1.49. The molecule has 1 unspecified atom stereocenters. The zero-order chi connectivity index (χ0) is 9.84. The lowest BCUT2D eigenvalue weighted by molar-refractivity contribution is 0.397. The van der Waals surface area contributed by atoms with Gasteiger partial charge in [-0.05, 0) is 11.6 Å².